The van der Waals surface area contributed by atoms with E-state index in [9.17, 15) is 0 Å². The summed E-state index contributed by atoms with van der Waals surface area (Å²) in [7, 11) is 0. The molecule has 1 atom stereocenters. The van der Waals surface area contributed by atoms with Gasteiger partial charge in [-0.3, -0.25) is 0 Å². The Labute approximate surface area is 216 Å². The van der Waals surface area contributed by atoms with Crippen LogP contribution in [0.3, 0.4) is 0 Å². The Morgan fingerprint density at radius 2 is 0.824 bits per heavy atom. The molecule has 0 bridgehead atoms. The van der Waals surface area contributed by atoms with Crippen LogP contribution in [0.5, 0.6) is 0 Å². The summed E-state index contributed by atoms with van der Waals surface area (Å²) in [5.41, 5.74) is 0.611. The van der Waals surface area contributed by atoms with Crippen molar-refractivity contribution in [2.45, 2.75) is 158 Å². The van der Waals surface area contributed by atoms with Crippen LogP contribution in [0.15, 0.2) is 0 Å². The van der Waals surface area contributed by atoms with E-state index in [-0.39, 0.29) is 0 Å². The van der Waals surface area contributed by atoms with Gasteiger partial charge in [0.1, 0.15) is 0 Å². The van der Waals surface area contributed by atoms with Crippen LogP contribution in [0.25, 0.3) is 0 Å². The van der Waals surface area contributed by atoms with Crippen LogP contribution in [0.4, 0.5) is 0 Å². The van der Waals surface area contributed by atoms with Crippen LogP contribution in [0.1, 0.15) is 158 Å². The first-order valence-corrected chi connectivity index (χ1v) is 16.1. The number of rotatable bonds is 5. The molecule has 0 radical (unpaired) electrons. The molecule has 4 aliphatic rings. The van der Waals surface area contributed by atoms with Gasteiger partial charge < -0.3 is 0 Å². The second-order valence-electron chi connectivity index (χ2n) is 15.1. The van der Waals surface area contributed by atoms with Gasteiger partial charge in [-0.2, -0.15) is 0 Å². The highest BCUT2D eigenvalue weighted by molar-refractivity contribution is 4.89. The topological polar surface area (TPSA) is 0 Å². The van der Waals surface area contributed by atoms with Crippen molar-refractivity contribution in [3.05, 3.63) is 0 Å². The smallest absolute Gasteiger partial charge is 0.0298 e. The molecule has 0 aliphatic heterocycles. The molecule has 0 aromatic heterocycles. The minimum atomic E-state index is 0.611. The summed E-state index contributed by atoms with van der Waals surface area (Å²) in [4.78, 5) is 0. The van der Waals surface area contributed by atoms with Crippen molar-refractivity contribution < 1.29 is 0 Å². The van der Waals surface area contributed by atoms with Crippen LogP contribution in [-0.2, 0) is 0 Å². The standard InChI is InChI=1S/2C17H32/c1-13-5-9-15(10-6-13)17(3,4)16-11-7-14(2)8-12-16;1-13-4-8-16(9-5-13)12-15(3)17-10-6-14(2)7-11-17/h13-16H,5-12H2,1-4H3;13-17H,4-12H2,1-3H3. The van der Waals surface area contributed by atoms with Crippen molar-refractivity contribution in [2.75, 3.05) is 0 Å². The van der Waals surface area contributed by atoms with E-state index < -0.39 is 0 Å². The maximum atomic E-state index is 2.58. The Bertz CT molecular complexity index is 504. The van der Waals surface area contributed by atoms with Gasteiger partial charge in [-0.05, 0) is 104 Å². The lowest BCUT2D eigenvalue weighted by atomic mass is 9.59. The highest BCUT2D eigenvalue weighted by Gasteiger charge is 2.39. The van der Waals surface area contributed by atoms with Gasteiger partial charge in [-0.1, -0.05) is 113 Å². The Morgan fingerprint density at radius 1 is 0.500 bits per heavy atom. The van der Waals surface area contributed by atoms with E-state index in [0.717, 1.165) is 53.3 Å². The van der Waals surface area contributed by atoms with Crippen molar-refractivity contribution in [3.63, 3.8) is 0 Å². The molecular weight excluding hydrogens is 408 g/mol. The van der Waals surface area contributed by atoms with Gasteiger partial charge in [0.15, 0.2) is 0 Å². The minimum Gasteiger partial charge on any atom is -0.0625 e. The van der Waals surface area contributed by atoms with Crippen LogP contribution >= 0.6 is 0 Å². The van der Waals surface area contributed by atoms with Crippen LogP contribution in [-0.4, -0.2) is 0 Å². The molecule has 200 valence electrons. The molecule has 0 spiro atoms. The Hall–Kier alpha value is 0. The van der Waals surface area contributed by atoms with Crippen molar-refractivity contribution in [3.8, 4) is 0 Å². The van der Waals surface area contributed by atoms with Gasteiger partial charge in [0.25, 0.3) is 0 Å². The van der Waals surface area contributed by atoms with Crippen molar-refractivity contribution in [1.82, 2.24) is 0 Å². The maximum absolute atomic E-state index is 2.58. The molecule has 0 N–H and O–H groups in total. The number of hydrogen-bond donors (Lipinski definition) is 0. The lowest BCUT2D eigenvalue weighted by molar-refractivity contribution is 0.0421. The van der Waals surface area contributed by atoms with E-state index in [1.165, 1.54) is 109 Å². The summed E-state index contributed by atoms with van der Waals surface area (Å²) in [6.07, 6.45) is 25.5. The Morgan fingerprint density at radius 3 is 1.21 bits per heavy atom. The molecule has 0 amide bonds. The highest BCUT2D eigenvalue weighted by atomic mass is 14.4. The van der Waals surface area contributed by atoms with Gasteiger partial charge >= 0.3 is 0 Å². The predicted octanol–water partition coefficient (Wildman–Crippen LogP) is 11.3. The zero-order valence-electron chi connectivity index (χ0n) is 24.7. The normalized spacial score (nSPS) is 40.7. The van der Waals surface area contributed by atoms with E-state index in [1.807, 2.05) is 0 Å². The van der Waals surface area contributed by atoms with Gasteiger partial charge in [0.2, 0.25) is 0 Å². The van der Waals surface area contributed by atoms with Crippen LogP contribution in [0.2, 0.25) is 0 Å². The molecule has 4 saturated carbocycles. The highest BCUT2D eigenvalue weighted by Crippen LogP contribution is 2.49. The largest absolute Gasteiger partial charge is 0.0625 e. The summed E-state index contributed by atoms with van der Waals surface area (Å²) < 4.78 is 0. The van der Waals surface area contributed by atoms with Gasteiger partial charge in [0, 0.05) is 0 Å². The van der Waals surface area contributed by atoms with Gasteiger partial charge in [-0.15, -0.1) is 0 Å². The molecule has 0 heterocycles. The first-order chi connectivity index (χ1) is 16.1. The second kappa shape index (κ2) is 13.5. The summed E-state index contributed by atoms with van der Waals surface area (Å²) in [5, 5.41) is 0. The molecule has 4 rings (SSSR count). The first-order valence-electron chi connectivity index (χ1n) is 16.1. The lowest BCUT2D eigenvalue weighted by Crippen LogP contribution is -2.36. The fourth-order valence-electron chi connectivity index (χ4n) is 8.48. The molecule has 0 aromatic rings. The Kier molecular flexibility index (Phi) is 11.4. The average molecular weight is 473 g/mol. The number of hydrogen-bond acceptors (Lipinski definition) is 0. The zero-order chi connectivity index (χ0) is 24.7. The minimum absolute atomic E-state index is 0.611. The summed E-state index contributed by atoms with van der Waals surface area (Å²) in [6.45, 7) is 17.4. The van der Waals surface area contributed by atoms with Crippen LogP contribution in [0, 0.1) is 58.7 Å². The molecule has 0 nitrogen and oxygen atoms in total. The summed E-state index contributed by atoms with van der Waals surface area (Å²) in [5.74, 6) is 9.16. The molecule has 0 heteroatoms. The molecule has 0 aromatic carbocycles. The van der Waals surface area contributed by atoms with Gasteiger partial charge in [0.05, 0.1) is 0 Å². The van der Waals surface area contributed by atoms with E-state index >= 15 is 0 Å². The lowest BCUT2D eigenvalue weighted by Gasteiger charge is -2.46. The quantitative estimate of drug-likeness (QED) is 0.373. The Balaban J connectivity index is 0.000000191. The first kappa shape index (κ1) is 28.6. The molecule has 4 aliphatic carbocycles. The van der Waals surface area contributed by atoms with E-state index in [4.69, 9.17) is 0 Å². The third-order valence-corrected chi connectivity index (χ3v) is 11.8. The molecule has 1 unspecified atom stereocenters. The average Bonchev–Trinajstić information content (AvgIpc) is 2.82. The second-order valence-corrected chi connectivity index (χ2v) is 15.1. The third-order valence-electron chi connectivity index (χ3n) is 11.8. The van der Waals surface area contributed by atoms with Crippen molar-refractivity contribution >= 4 is 0 Å². The fourth-order valence-corrected chi connectivity index (χ4v) is 8.48. The maximum Gasteiger partial charge on any atom is -0.0298 e. The van der Waals surface area contributed by atoms with E-state index in [1.54, 1.807) is 0 Å². The molecule has 34 heavy (non-hydrogen) atoms. The van der Waals surface area contributed by atoms with Crippen molar-refractivity contribution in [2.24, 2.45) is 58.7 Å². The fraction of sp³-hybridized carbons (Fsp3) is 1.00. The SMILES string of the molecule is CC1CCC(C(C)(C)C2CCC(C)CC2)CC1.CC1CCC(CC(C)C2CCC(C)CC2)CC1. The molecule has 0 saturated heterocycles. The van der Waals surface area contributed by atoms with E-state index in [2.05, 4.69) is 48.5 Å². The van der Waals surface area contributed by atoms with Crippen LogP contribution < -0.4 is 0 Å². The molecule has 4 fully saturated rings. The molecular formula is C34H64. The van der Waals surface area contributed by atoms with Crippen molar-refractivity contribution in [1.29, 1.82) is 0 Å². The third kappa shape index (κ3) is 8.54. The zero-order valence-corrected chi connectivity index (χ0v) is 24.7. The van der Waals surface area contributed by atoms with E-state index in [0.29, 0.717) is 5.41 Å². The summed E-state index contributed by atoms with van der Waals surface area (Å²) in [6, 6.07) is 0. The van der Waals surface area contributed by atoms with Gasteiger partial charge in [-0.25, -0.2) is 0 Å². The summed E-state index contributed by atoms with van der Waals surface area (Å²) >= 11 is 0. The predicted molar refractivity (Wildman–Crippen MR) is 152 cm³/mol. The monoisotopic (exact) mass is 473 g/mol.